The minimum Gasteiger partial charge on any atom is -0.273 e. The van der Waals surface area contributed by atoms with Crippen LogP contribution in [0, 0.1) is 0 Å². The highest BCUT2D eigenvalue weighted by molar-refractivity contribution is 6.29. The Bertz CT molecular complexity index is 920. The molecule has 0 saturated heterocycles. The highest BCUT2D eigenvalue weighted by Gasteiger charge is 2.33. The molecule has 1 aliphatic rings. The summed E-state index contributed by atoms with van der Waals surface area (Å²) in [5.41, 5.74) is 1.62. The predicted molar refractivity (Wildman–Crippen MR) is 84.9 cm³/mol. The normalized spacial score (nSPS) is 20.1. The van der Waals surface area contributed by atoms with Crippen LogP contribution in [0.5, 0.6) is 0 Å². The molecule has 1 aliphatic heterocycles. The second kappa shape index (κ2) is 4.58. The SMILES string of the molecule is O=c1c2ccccc2nc2n1[C@@H](Cl)[C@H](Cl)c1ccccc1-2. The third-order valence-electron chi connectivity index (χ3n) is 3.79. The molecule has 0 unspecified atom stereocenters. The monoisotopic (exact) mass is 316 g/mol. The van der Waals surface area contributed by atoms with Gasteiger partial charge in [0.15, 0.2) is 0 Å². The largest absolute Gasteiger partial charge is 0.273 e. The summed E-state index contributed by atoms with van der Waals surface area (Å²) in [4.78, 5) is 17.3. The van der Waals surface area contributed by atoms with E-state index in [1.165, 1.54) is 4.57 Å². The number of para-hydroxylation sites is 1. The molecule has 0 N–H and O–H groups in total. The molecule has 5 heteroatoms. The molecule has 0 fully saturated rings. The van der Waals surface area contributed by atoms with Gasteiger partial charge in [0.05, 0.1) is 16.3 Å². The van der Waals surface area contributed by atoms with Gasteiger partial charge in [-0.25, -0.2) is 4.98 Å². The maximum absolute atomic E-state index is 12.7. The van der Waals surface area contributed by atoms with Crippen molar-refractivity contribution in [3.63, 3.8) is 0 Å². The summed E-state index contributed by atoms with van der Waals surface area (Å²) >= 11 is 12.9. The van der Waals surface area contributed by atoms with Gasteiger partial charge in [0.2, 0.25) is 0 Å². The molecule has 3 aromatic rings. The molecule has 0 spiro atoms. The predicted octanol–water partition coefficient (Wildman–Crippen LogP) is 4.09. The molecule has 104 valence electrons. The van der Waals surface area contributed by atoms with Gasteiger partial charge in [-0.05, 0) is 17.7 Å². The minimum atomic E-state index is -0.652. The first kappa shape index (κ1) is 12.9. The minimum absolute atomic E-state index is 0.157. The van der Waals surface area contributed by atoms with Crippen molar-refractivity contribution in [2.75, 3.05) is 0 Å². The molecular formula is C16H10Cl2N2O. The molecule has 21 heavy (non-hydrogen) atoms. The van der Waals surface area contributed by atoms with E-state index in [1.54, 1.807) is 6.07 Å². The Morgan fingerprint density at radius 3 is 2.57 bits per heavy atom. The molecule has 3 nitrogen and oxygen atoms in total. The Morgan fingerprint density at radius 2 is 1.71 bits per heavy atom. The van der Waals surface area contributed by atoms with Gasteiger partial charge in [-0.2, -0.15) is 0 Å². The lowest BCUT2D eigenvalue weighted by Gasteiger charge is -2.29. The lowest BCUT2D eigenvalue weighted by Crippen LogP contribution is -2.30. The van der Waals surface area contributed by atoms with Crippen LogP contribution in [-0.4, -0.2) is 9.55 Å². The fraction of sp³-hybridized carbons (Fsp3) is 0.125. The molecule has 2 atom stereocenters. The number of alkyl halides is 2. The zero-order valence-electron chi connectivity index (χ0n) is 10.8. The molecule has 0 radical (unpaired) electrons. The Labute approximate surface area is 130 Å². The maximum Gasteiger partial charge on any atom is 0.262 e. The van der Waals surface area contributed by atoms with Crippen molar-refractivity contribution < 1.29 is 0 Å². The Balaban J connectivity index is 2.18. The van der Waals surface area contributed by atoms with Crippen molar-refractivity contribution in [2.24, 2.45) is 0 Å². The zero-order chi connectivity index (χ0) is 14.6. The third kappa shape index (κ3) is 1.74. The van der Waals surface area contributed by atoms with Crippen LogP contribution in [0.15, 0.2) is 53.3 Å². The number of nitrogens with zero attached hydrogens (tertiary/aromatic N) is 2. The van der Waals surface area contributed by atoms with E-state index in [4.69, 9.17) is 23.2 Å². The summed E-state index contributed by atoms with van der Waals surface area (Å²) in [5.74, 6) is 0.575. The van der Waals surface area contributed by atoms with Crippen LogP contribution in [-0.2, 0) is 0 Å². The van der Waals surface area contributed by atoms with Gasteiger partial charge in [-0.1, -0.05) is 48.0 Å². The van der Waals surface area contributed by atoms with E-state index >= 15 is 0 Å². The summed E-state index contributed by atoms with van der Waals surface area (Å²) in [5, 5.41) is 0.0891. The van der Waals surface area contributed by atoms with Gasteiger partial charge in [-0.15, -0.1) is 11.6 Å². The van der Waals surface area contributed by atoms with Crippen molar-refractivity contribution >= 4 is 34.1 Å². The standard InChI is InChI=1S/C16H10Cl2N2O/c17-13-9-5-1-2-6-10(9)15-19-12-8-4-3-7-11(12)16(21)20(15)14(13)18/h1-8,13-14H/t13-,14-/m1/s1. The lowest BCUT2D eigenvalue weighted by molar-refractivity contribution is 0.607. The molecule has 4 rings (SSSR count). The van der Waals surface area contributed by atoms with Crippen molar-refractivity contribution in [2.45, 2.75) is 10.9 Å². The van der Waals surface area contributed by atoms with Crippen molar-refractivity contribution in [1.82, 2.24) is 9.55 Å². The molecule has 0 bridgehead atoms. The van der Waals surface area contributed by atoms with Gasteiger partial charge in [0.1, 0.15) is 11.3 Å². The first-order valence-electron chi connectivity index (χ1n) is 6.57. The molecule has 2 heterocycles. The van der Waals surface area contributed by atoms with Crippen LogP contribution in [0.1, 0.15) is 16.4 Å². The number of hydrogen-bond acceptors (Lipinski definition) is 2. The topological polar surface area (TPSA) is 34.9 Å². The Hall–Kier alpha value is -1.84. The maximum atomic E-state index is 12.7. The van der Waals surface area contributed by atoms with E-state index in [0.717, 1.165) is 11.1 Å². The number of aromatic nitrogens is 2. The smallest absolute Gasteiger partial charge is 0.262 e. The van der Waals surface area contributed by atoms with Crippen LogP contribution >= 0.6 is 23.2 Å². The van der Waals surface area contributed by atoms with E-state index in [0.29, 0.717) is 16.7 Å². The molecular weight excluding hydrogens is 307 g/mol. The first-order valence-corrected chi connectivity index (χ1v) is 7.44. The molecule has 2 aromatic carbocycles. The lowest BCUT2D eigenvalue weighted by atomic mass is 9.99. The van der Waals surface area contributed by atoms with Crippen LogP contribution in [0.3, 0.4) is 0 Å². The number of hydrogen-bond donors (Lipinski definition) is 0. The zero-order valence-corrected chi connectivity index (χ0v) is 12.3. The summed E-state index contributed by atoms with van der Waals surface area (Å²) < 4.78 is 1.49. The van der Waals surface area contributed by atoms with Gasteiger partial charge < -0.3 is 0 Å². The fourth-order valence-electron chi connectivity index (χ4n) is 2.78. The fourth-order valence-corrected chi connectivity index (χ4v) is 3.40. The van der Waals surface area contributed by atoms with Crippen molar-refractivity contribution in [1.29, 1.82) is 0 Å². The van der Waals surface area contributed by atoms with E-state index in [-0.39, 0.29) is 5.56 Å². The number of rotatable bonds is 0. The Kier molecular flexibility index (Phi) is 2.81. The van der Waals surface area contributed by atoms with E-state index in [2.05, 4.69) is 4.98 Å². The van der Waals surface area contributed by atoms with E-state index in [9.17, 15) is 4.79 Å². The van der Waals surface area contributed by atoms with Gasteiger partial charge in [-0.3, -0.25) is 9.36 Å². The van der Waals surface area contributed by atoms with Crippen LogP contribution in [0.2, 0.25) is 0 Å². The molecule has 0 amide bonds. The second-order valence-corrected chi connectivity index (χ2v) is 5.91. The first-order chi connectivity index (χ1) is 10.2. The average Bonchev–Trinajstić information content (AvgIpc) is 2.52. The Morgan fingerprint density at radius 1 is 1.00 bits per heavy atom. The second-order valence-electron chi connectivity index (χ2n) is 4.99. The quantitative estimate of drug-likeness (QED) is 0.585. The molecule has 1 aromatic heterocycles. The van der Waals surface area contributed by atoms with Gasteiger partial charge in [0.25, 0.3) is 5.56 Å². The summed E-state index contributed by atoms with van der Waals surface area (Å²) in [7, 11) is 0. The van der Waals surface area contributed by atoms with Crippen LogP contribution in [0.4, 0.5) is 0 Å². The van der Waals surface area contributed by atoms with Crippen molar-refractivity contribution in [3.05, 3.63) is 64.4 Å². The number of benzene rings is 2. The van der Waals surface area contributed by atoms with Crippen LogP contribution < -0.4 is 5.56 Å². The highest BCUT2D eigenvalue weighted by atomic mass is 35.5. The van der Waals surface area contributed by atoms with E-state index in [1.807, 2.05) is 42.5 Å². The average molecular weight is 317 g/mol. The highest BCUT2D eigenvalue weighted by Crippen LogP contribution is 2.45. The molecule has 0 saturated carbocycles. The van der Waals surface area contributed by atoms with Crippen molar-refractivity contribution in [3.8, 4) is 11.4 Å². The van der Waals surface area contributed by atoms with Gasteiger partial charge >= 0.3 is 0 Å². The van der Waals surface area contributed by atoms with Crippen LogP contribution in [0.25, 0.3) is 22.3 Å². The van der Waals surface area contributed by atoms with E-state index < -0.39 is 10.9 Å². The third-order valence-corrected chi connectivity index (χ3v) is 4.84. The summed E-state index contributed by atoms with van der Waals surface area (Å²) in [6.07, 6.45) is 0. The summed E-state index contributed by atoms with van der Waals surface area (Å²) in [6, 6.07) is 14.9. The molecule has 0 aliphatic carbocycles. The number of halogens is 2. The van der Waals surface area contributed by atoms with Gasteiger partial charge in [0, 0.05) is 5.56 Å². The number of fused-ring (bicyclic) bond motifs is 4. The summed E-state index contributed by atoms with van der Waals surface area (Å²) in [6.45, 7) is 0.